The predicted molar refractivity (Wildman–Crippen MR) is 187 cm³/mol. The van der Waals surface area contributed by atoms with E-state index in [2.05, 4.69) is 21.8 Å². The minimum absolute atomic E-state index is 0.0853. The molecule has 1 amide bonds. The molecular weight excluding hydrogens is 723 g/mol. The van der Waals surface area contributed by atoms with Gasteiger partial charge < -0.3 is 34.7 Å². The lowest BCUT2D eigenvalue weighted by molar-refractivity contribution is -0.192. The Morgan fingerprint density at radius 2 is 1.68 bits per heavy atom. The third-order valence-electron chi connectivity index (χ3n) is 8.19. The van der Waals surface area contributed by atoms with Crippen molar-refractivity contribution < 1.29 is 55.2 Å². The van der Waals surface area contributed by atoms with Crippen LogP contribution in [0.5, 0.6) is 5.75 Å². The van der Waals surface area contributed by atoms with E-state index in [1.54, 1.807) is 17.0 Å². The number of nitriles is 1. The zero-order valence-electron chi connectivity index (χ0n) is 30.4. The van der Waals surface area contributed by atoms with E-state index in [1.807, 2.05) is 40.7 Å². The molecule has 2 aliphatic rings. The Labute approximate surface area is 308 Å². The molecule has 53 heavy (non-hydrogen) atoms. The fourth-order valence-electron chi connectivity index (χ4n) is 5.87. The first kappa shape index (κ1) is 43.4. The Morgan fingerprint density at radius 3 is 2.23 bits per heavy atom. The Bertz CT molecular complexity index is 1700. The summed E-state index contributed by atoms with van der Waals surface area (Å²) in [5, 5.41) is 17.1. The van der Waals surface area contributed by atoms with Crippen LogP contribution >= 0.6 is 0 Å². The number of fused-ring (bicyclic) bond motifs is 1. The third-order valence-corrected chi connectivity index (χ3v) is 9.66. The van der Waals surface area contributed by atoms with Crippen molar-refractivity contribution in [3.8, 4) is 11.8 Å². The van der Waals surface area contributed by atoms with E-state index in [1.165, 1.54) is 12.1 Å². The number of carbonyl (C=O) groups is 2. The Hall–Kier alpha value is -3.99. The topological polar surface area (TPSA) is 194 Å². The number of aryl methyl sites for hydroxylation is 1. The lowest BCUT2D eigenvalue weighted by Crippen LogP contribution is -2.58. The fraction of sp³-hybridized carbons (Fsp3) is 0.571. The zero-order chi connectivity index (χ0) is 39.6. The summed E-state index contributed by atoms with van der Waals surface area (Å²) >= 11 is 0. The SMILES string of the molecule is Cc1cc(C#N)c2c(c1)[C@H](Oc1ccc(S(=O)(=O)NCCOCCOCCN)cc1)[C@@H](N1CCN(C(=O)OC(C)(C)C)[C@H](C)C1)C2.O=C(O)C(F)(F)F. The first-order valence-corrected chi connectivity index (χ1v) is 18.4. The summed E-state index contributed by atoms with van der Waals surface area (Å²) in [6.45, 7) is 13.3. The number of aliphatic carboxylic acids is 1. The molecule has 14 nitrogen and oxygen atoms in total. The number of halogens is 3. The van der Waals surface area contributed by atoms with Gasteiger partial charge in [0, 0.05) is 38.8 Å². The van der Waals surface area contributed by atoms with E-state index in [-0.39, 0.29) is 36.2 Å². The molecule has 3 atom stereocenters. The van der Waals surface area contributed by atoms with Gasteiger partial charge in [-0.15, -0.1) is 0 Å². The van der Waals surface area contributed by atoms with Crippen molar-refractivity contribution in [3.05, 3.63) is 58.7 Å². The van der Waals surface area contributed by atoms with Crippen LogP contribution in [0.25, 0.3) is 0 Å². The minimum atomic E-state index is -5.08. The number of benzene rings is 2. The number of alkyl halides is 3. The maximum atomic E-state index is 12.9. The summed E-state index contributed by atoms with van der Waals surface area (Å²) < 4.78 is 82.9. The highest BCUT2D eigenvalue weighted by atomic mass is 32.2. The number of amides is 1. The lowest BCUT2D eigenvalue weighted by Gasteiger charge is -2.43. The number of nitrogens with zero attached hydrogens (tertiary/aromatic N) is 3. The van der Waals surface area contributed by atoms with E-state index >= 15 is 0 Å². The van der Waals surface area contributed by atoms with Crippen LogP contribution in [0.4, 0.5) is 18.0 Å². The van der Waals surface area contributed by atoms with Crippen molar-refractivity contribution in [2.75, 3.05) is 59.2 Å². The molecule has 4 rings (SSSR count). The summed E-state index contributed by atoms with van der Waals surface area (Å²) in [5.74, 6) is -2.24. The van der Waals surface area contributed by atoms with Crippen LogP contribution in [0.1, 0.15) is 56.1 Å². The minimum Gasteiger partial charge on any atom is -0.484 e. The second-order valence-electron chi connectivity index (χ2n) is 13.5. The first-order chi connectivity index (χ1) is 24.8. The second kappa shape index (κ2) is 18.9. The summed E-state index contributed by atoms with van der Waals surface area (Å²) in [6, 6.07) is 12.5. The van der Waals surface area contributed by atoms with E-state index in [0.29, 0.717) is 63.7 Å². The molecule has 0 bridgehead atoms. The fourth-order valence-corrected chi connectivity index (χ4v) is 6.88. The summed E-state index contributed by atoms with van der Waals surface area (Å²) in [7, 11) is -3.75. The molecule has 1 saturated heterocycles. The van der Waals surface area contributed by atoms with Crippen molar-refractivity contribution >= 4 is 22.1 Å². The van der Waals surface area contributed by atoms with Gasteiger partial charge in [0.25, 0.3) is 0 Å². The number of nitrogens with two attached hydrogens (primary N) is 1. The molecule has 1 aliphatic carbocycles. The number of nitrogens with one attached hydrogen (secondary N) is 1. The number of piperazine rings is 1. The van der Waals surface area contributed by atoms with Gasteiger partial charge in [-0.1, -0.05) is 6.07 Å². The van der Waals surface area contributed by atoms with Gasteiger partial charge >= 0.3 is 18.2 Å². The second-order valence-corrected chi connectivity index (χ2v) is 15.3. The summed E-state index contributed by atoms with van der Waals surface area (Å²) in [6.07, 6.45) is -5.18. The third kappa shape index (κ3) is 12.8. The maximum Gasteiger partial charge on any atom is 0.490 e. The van der Waals surface area contributed by atoms with Crippen molar-refractivity contribution in [1.82, 2.24) is 14.5 Å². The molecule has 0 saturated carbocycles. The van der Waals surface area contributed by atoms with E-state index in [0.717, 1.165) is 16.7 Å². The standard InChI is InChI=1S/C33H47N5O7S.C2HF3O2/c1-23-18-25(21-35)28-20-30(37-12-13-38(24(2)22-37)32(39)45-33(3,4)5)31(29(28)19-23)44-26-6-8-27(9-7-26)46(40,41)36-11-15-43-17-16-42-14-10-34;3-2(4,5)1(6)7/h6-9,18-19,24,30-31,36H,10-17,20,22,34H2,1-5H3;(H,6,7)/t24-,30+,31+;/m1./s1. The van der Waals surface area contributed by atoms with Gasteiger partial charge in [-0.2, -0.15) is 18.4 Å². The van der Waals surface area contributed by atoms with Crippen molar-refractivity contribution in [2.45, 2.75) is 75.9 Å². The molecule has 0 radical (unpaired) electrons. The van der Waals surface area contributed by atoms with Crippen LogP contribution in [0.15, 0.2) is 41.3 Å². The van der Waals surface area contributed by atoms with Crippen LogP contribution in [0.3, 0.4) is 0 Å². The molecule has 2 aromatic rings. The number of carboxylic acid groups (broad SMARTS) is 1. The molecule has 0 spiro atoms. The summed E-state index contributed by atoms with van der Waals surface area (Å²) in [5.41, 5.74) is 8.30. The number of rotatable bonds is 13. The molecular formula is C35H48F3N5O9S. The van der Waals surface area contributed by atoms with Gasteiger partial charge in [0.2, 0.25) is 10.0 Å². The predicted octanol–water partition coefficient (Wildman–Crippen LogP) is 3.76. The van der Waals surface area contributed by atoms with Gasteiger partial charge in [0.05, 0.1) is 49.0 Å². The average Bonchev–Trinajstić information content (AvgIpc) is 3.42. The van der Waals surface area contributed by atoms with E-state index in [9.17, 15) is 31.6 Å². The van der Waals surface area contributed by atoms with Crippen LogP contribution in [-0.2, 0) is 35.4 Å². The highest BCUT2D eigenvalue weighted by molar-refractivity contribution is 7.89. The van der Waals surface area contributed by atoms with Crippen molar-refractivity contribution in [3.63, 3.8) is 0 Å². The molecule has 1 heterocycles. The van der Waals surface area contributed by atoms with Crippen molar-refractivity contribution in [1.29, 1.82) is 5.26 Å². The highest BCUT2D eigenvalue weighted by Crippen LogP contribution is 2.41. The van der Waals surface area contributed by atoms with Gasteiger partial charge in [-0.05, 0) is 88.1 Å². The Balaban J connectivity index is 0.000000980. The molecule has 1 aliphatic heterocycles. The van der Waals surface area contributed by atoms with E-state index < -0.39 is 33.9 Å². The number of sulfonamides is 1. The number of hydrogen-bond donors (Lipinski definition) is 3. The molecule has 0 aromatic heterocycles. The maximum absolute atomic E-state index is 12.9. The van der Waals surface area contributed by atoms with Crippen LogP contribution < -0.4 is 15.2 Å². The van der Waals surface area contributed by atoms with Crippen LogP contribution in [0, 0.1) is 18.3 Å². The number of ether oxygens (including phenoxy) is 4. The molecule has 18 heteroatoms. The monoisotopic (exact) mass is 771 g/mol. The number of carboxylic acids is 1. The van der Waals surface area contributed by atoms with Gasteiger partial charge in [0.15, 0.2) is 0 Å². The molecule has 4 N–H and O–H groups in total. The largest absolute Gasteiger partial charge is 0.490 e. The summed E-state index contributed by atoms with van der Waals surface area (Å²) in [4.78, 5) is 25.9. The van der Waals surface area contributed by atoms with Gasteiger partial charge in [-0.3, -0.25) is 4.90 Å². The molecule has 0 unspecified atom stereocenters. The number of hydrogen-bond acceptors (Lipinski definition) is 11. The quantitative estimate of drug-likeness (QED) is 0.250. The number of carbonyl (C=O) groups excluding carboxylic acids is 1. The van der Waals surface area contributed by atoms with Crippen molar-refractivity contribution in [2.24, 2.45) is 5.73 Å². The lowest BCUT2D eigenvalue weighted by atomic mass is 10.0. The zero-order valence-corrected chi connectivity index (χ0v) is 31.3. The smallest absolute Gasteiger partial charge is 0.484 e. The van der Waals surface area contributed by atoms with Crippen LogP contribution in [-0.4, -0.2) is 118 Å². The first-order valence-electron chi connectivity index (χ1n) is 17.0. The average molecular weight is 772 g/mol. The normalized spacial score (nSPS) is 19.1. The Morgan fingerprint density at radius 1 is 1.06 bits per heavy atom. The Kier molecular flexibility index (Phi) is 15.4. The molecule has 2 aromatic carbocycles. The van der Waals surface area contributed by atoms with E-state index in [4.69, 9.17) is 34.6 Å². The van der Waals surface area contributed by atoms with Gasteiger partial charge in [-0.25, -0.2) is 22.7 Å². The highest BCUT2D eigenvalue weighted by Gasteiger charge is 2.43. The molecule has 1 fully saturated rings. The van der Waals surface area contributed by atoms with Gasteiger partial charge in [0.1, 0.15) is 17.5 Å². The molecule has 294 valence electrons. The van der Waals surface area contributed by atoms with Crippen LogP contribution in [0.2, 0.25) is 0 Å².